The largest absolute Gasteiger partial charge is 0.465 e. The molecular weight excluding hydrogens is 779 g/mol. The van der Waals surface area contributed by atoms with Gasteiger partial charge in [0, 0.05) is 51.4 Å². The molecule has 10 heteroatoms. The number of rotatable bonds is 10. The van der Waals surface area contributed by atoms with Gasteiger partial charge in [-0.25, -0.2) is 0 Å². The van der Waals surface area contributed by atoms with Gasteiger partial charge in [-0.05, 0) is 180 Å². The van der Waals surface area contributed by atoms with Gasteiger partial charge in [0.05, 0.1) is 43.2 Å². The van der Waals surface area contributed by atoms with Crippen LogP contribution in [0.2, 0.25) is 0 Å². The molecule has 7 N–H and O–H groups in total. The van der Waals surface area contributed by atoms with E-state index in [0.29, 0.717) is 72.3 Å². The molecule has 62 heavy (non-hydrogen) atoms. The van der Waals surface area contributed by atoms with Gasteiger partial charge in [0.1, 0.15) is 6.17 Å². The molecule has 3 heterocycles. The van der Waals surface area contributed by atoms with E-state index in [1.54, 1.807) is 14.0 Å². The van der Waals surface area contributed by atoms with Gasteiger partial charge in [-0.2, -0.15) is 0 Å². The summed E-state index contributed by atoms with van der Waals surface area (Å²) in [7, 11) is 3.62. The Morgan fingerprint density at radius 1 is 0.839 bits per heavy atom. The number of hydrogen-bond acceptors (Lipinski definition) is 9. The first-order chi connectivity index (χ1) is 30.1. The number of carbonyl (C=O) groups excluding carboxylic acids is 1. The molecule has 10 nitrogen and oxygen atoms in total. The lowest BCUT2D eigenvalue weighted by molar-refractivity contribution is -0.733. The zero-order valence-electron chi connectivity index (χ0n) is 39.1. The molecule has 2 saturated heterocycles. The number of hydrogen-bond donors (Lipinski definition) is 5. The van der Waals surface area contributed by atoms with E-state index < -0.39 is 6.10 Å². The van der Waals surface area contributed by atoms with Crippen LogP contribution in [0.3, 0.4) is 0 Å². The lowest BCUT2D eigenvalue weighted by Gasteiger charge is -2.61. The summed E-state index contributed by atoms with van der Waals surface area (Å²) in [6, 6.07) is 0.791. The number of aliphatic hydroxyl groups is 2. The summed E-state index contributed by atoms with van der Waals surface area (Å²) in [4.78, 5) is 12.6. The van der Waals surface area contributed by atoms with Crippen LogP contribution in [-0.2, 0) is 23.7 Å². The molecule has 0 aromatic carbocycles. The summed E-state index contributed by atoms with van der Waals surface area (Å²) in [5, 5.41) is 29.3. The maximum absolute atomic E-state index is 12.6. The van der Waals surface area contributed by atoms with Crippen LogP contribution in [0.1, 0.15) is 143 Å². The van der Waals surface area contributed by atoms with Gasteiger partial charge >= 0.3 is 5.97 Å². The second-order valence-electron chi connectivity index (χ2n) is 22.8. The number of methoxy groups -OCH3 is 2. The van der Waals surface area contributed by atoms with E-state index >= 15 is 0 Å². The van der Waals surface area contributed by atoms with Crippen molar-refractivity contribution in [2.75, 3.05) is 27.4 Å². The van der Waals surface area contributed by atoms with Crippen LogP contribution >= 0.6 is 0 Å². The number of carbonyl (C=O) groups is 1. The first-order valence-corrected chi connectivity index (χ1v) is 26.1. The fraction of sp³-hybridized carbons (Fsp3) is 0.942. The maximum atomic E-state index is 12.6. The molecule has 4 bridgehead atoms. The summed E-state index contributed by atoms with van der Waals surface area (Å²) >= 11 is 0. The predicted molar refractivity (Wildman–Crippen MR) is 239 cm³/mol. The van der Waals surface area contributed by atoms with Gasteiger partial charge in [-0.1, -0.05) is 32.6 Å². The van der Waals surface area contributed by atoms with Gasteiger partial charge in [-0.3, -0.25) is 10.5 Å². The third kappa shape index (κ3) is 8.72. The van der Waals surface area contributed by atoms with Gasteiger partial charge < -0.3 is 39.8 Å². The Bertz CT molecular complexity index is 1590. The molecular formula is C52H86N3O7+. The number of nitrogens with one attached hydrogen (secondary N) is 1. The molecule has 6 aliphatic carbocycles. The smallest absolute Gasteiger partial charge is 0.302 e. The minimum atomic E-state index is -0.546. The molecule has 9 aliphatic rings. The van der Waals surface area contributed by atoms with Gasteiger partial charge in [0.2, 0.25) is 0 Å². The zero-order valence-corrected chi connectivity index (χ0v) is 39.1. The minimum Gasteiger partial charge on any atom is -0.465 e. The van der Waals surface area contributed by atoms with Crippen LogP contribution in [0, 0.1) is 94.2 Å². The number of ether oxygens (including phenoxy) is 4. The Kier molecular flexibility index (Phi) is 14.4. The quantitative estimate of drug-likeness (QED) is 0.136. The van der Waals surface area contributed by atoms with E-state index in [-0.39, 0.29) is 71.9 Å². The normalized spacial score (nSPS) is 51.0. The molecule has 0 amide bonds. The SMILES string of the molecule is CCNC1CCCCC1CC[C@H]1C2CC(CC)C(N)[NH2+]C2C#CCC2CC(O)C(OC)CC2[C@@H]2OC3C(CCC4C5C(CC(O)CC5OC)C[C@]5(CC[C@@H]1C5)C43)[C@@H]2COC(C)=O. The number of aliphatic hydroxyl groups excluding tert-OH is 2. The van der Waals surface area contributed by atoms with E-state index in [1.165, 1.54) is 57.8 Å². The van der Waals surface area contributed by atoms with Crippen molar-refractivity contribution in [3.05, 3.63) is 0 Å². The Morgan fingerprint density at radius 2 is 1.63 bits per heavy atom. The lowest BCUT2D eigenvalue weighted by atomic mass is 9.45. The number of quaternary nitrogens is 1. The van der Waals surface area contributed by atoms with E-state index in [0.717, 1.165) is 70.3 Å². The highest BCUT2D eigenvalue weighted by atomic mass is 16.5. The van der Waals surface area contributed by atoms with Crippen molar-refractivity contribution >= 4 is 5.97 Å². The van der Waals surface area contributed by atoms with Crippen molar-refractivity contribution in [1.82, 2.24) is 5.32 Å². The minimum absolute atomic E-state index is 0.0595. The average molecular weight is 865 g/mol. The van der Waals surface area contributed by atoms with Crippen molar-refractivity contribution in [2.24, 2.45) is 88.1 Å². The third-order valence-corrected chi connectivity index (χ3v) is 20.1. The summed E-state index contributed by atoms with van der Waals surface area (Å²) in [5.41, 5.74) is 7.19. The predicted octanol–water partition coefficient (Wildman–Crippen LogP) is 5.80. The summed E-state index contributed by atoms with van der Waals surface area (Å²) in [5.74, 6) is 12.9. The average Bonchev–Trinajstić information content (AvgIpc) is 3.84. The molecule has 350 valence electrons. The van der Waals surface area contributed by atoms with Gasteiger partial charge in [-0.15, -0.1) is 0 Å². The monoisotopic (exact) mass is 865 g/mol. The van der Waals surface area contributed by atoms with Crippen LogP contribution in [0.4, 0.5) is 0 Å². The van der Waals surface area contributed by atoms with Crippen molar-refractivity contribution < 1.29 is 39.3 Å². The number of esters is 1. The van der Waals surface area contributed by atoms with Crippen molar-refractivity contribution in [3.63, 3.8) is 0 Å². The van der Waals surface area contributed by atoms with Gasteiger partial charge in [0.25, 0.3) is 0 Å². The van der Waals surface area contributed by atoms with Crippen molar-refractivity contribution in [1.29, 1.82) is 0 Å². The first kappa shape index (κ1) is 45.8. The molecule has 8 fully saturated rings. The highest BCUT2D eigenvalue weighted by Gasteiger charge is 2.67. The molecule has 0 aromatic rings. The second kappa shape index (κ2) is 19.5. The molecule has 0 aromatic heterocycles. The number of piperidine rings is 1. The van der Waals surface area contributed by atoms with Gasteiger partial charge in [0.15, 0.2) is 6.04 Å². The molecule has 6 saturated carbocycles. The summed E-state index contributed by atoms with van der Waals surface area (Å²) in [6.07, 6.45) is 20.0. The fourth-order valence-electron chi connectivity index (χ4n) is 17.6. The Morgan fingerprint density at radius 3 is 2.40 bits per heavy atom. The summed E-state index contributed by atoms with van der Waals surface area (Å²) in [6.45, 7) is 7.59. The van der Waals surface area contributed by atoms with Crippen molar-refractivity contribution in [2.45, 2.75) is 198 Å². The van der Waals surface area contributed by atoms with E-state index in [4.69, 9.17) is 24.7 Å². The highest BCUT2D eigenvalue weighted by Crippen LogP contribution is 2.69. The Labute approximate surface area is 374 Å². The fourth-order valence-corrected chi connectivity index (χ4v) is 17.6. The number of fused-ring (bicyclic) bond motifs is 7. The first-order valence-electron chi connectivity index (χ1n) is 26.1. The third-order valence-electron chi connectivity index (χ3n) is 20.1. The van der Waals surface area contributed by atoms with Crippen LogP contribution in [0.15, 0.2) is 0 Å². The highest BCUT2D eigenvalue weighted by molar-refractivity contribution is 5.65. The van der Waals surface area contributed by atoms with Crippen LogP contribution in [0.25, 0.3) is 0 Å². The van der Waals surface area contributed by atoms with E-state index in [2.05, 4.69) is 36.3 Å². The van der Waals surface area contributed by atoms with Crippen molar-refractivity contribution in [3.8, 4) is 11.8 Å². The molecule has 0 radical (unpaired) electrons. The van der Waals surface area contributed by atoms with Crippen LogP contribution < -0.4 is 16.4 Å². The van der Waals surface area contributed by atoms with E-state index in [9.17, 15) is 15.0 Å². The molecule has 23 atom stereocenters. The Hall–Kier alpha value is -1.29. The standard InChI is InChI=1S/C52H85N3O7/c1-6-30-22-40-36(16-15-31-11-8-9-13-42(31)54-7-2)33-19-20-52(26-33)27-34-21-35(57)24-46(60-5)47(34)38-18-17-37-41(28-61-29(3)56)49(62-50(37)48(38)52)39-25-45(59-4)44(58)23-32(39)12-10-14-43(40)55-51(30)53/h30-51,54-55,57-58H,6-9,11-13,15-28,53H2,1-5H3/p+1/t30?,31?,32?,33-,34?,35?,36-,37?,38?,39?,40?,41+,42?,43?,44?,45?,46?,47?,48?,49+,50?,51?,52-/m1/s1. The van der Waals surface area contributed by atoms with E-state index in [1.807, 2.05) is 7.11 Å². The lowest BCUT2D eigenvalue weighted by Crippen LogP contribution is -3.01. The topological polar surface area (TPSA) is 149 Å². The number of nitrogens with two attached hydrogens (primary N) is 2. The summed E-state index contributed by atoms with van der Waals surface area (Å²) < 4.78 is 26.2. The maximum Gasteiger partial charge on any atom is 0.302 e. The molecule has 18 unspecified atom stereocenters. The Balaban J connectivity index is 1.15. The molecule has 9 rings (SSSR count). The molecule has 1 spiro atoms. The van der Waals surface area contributed by atoms with Crippen LogP contribution in [-0.4, -0.2) is 98.4 Å². The van der Waals surface area contributed by atoms with Crippen LogP contribution in [0.5, 0.6) is 0 Å². The molecule has 3 aliphatic heterocycles. The second-order valence-corrected chi connectivity index (χ2v) is 22.8. The zero-order chi connectivity index (χ0) is 43.3.